The van der Waals surface area contributed by atoms with E-state index < -0.39 is 16.1 Å². The summed E-state index contributed by atoms with van der Waals surface area (Å²) < 4.78 is 37.5. The number of carbonyl (C=O) groups is 2. The standard InChI is InChI=1S/C27H37N3O6S/c1-20(2)28-27(32)21(3)29(16-14-22-9-6-5-7-10-22)26(31)11-8-15-30(37(4,33)34)23-12-13-24-25(19-23)36-18-17-35-24/h5-7,9-10,12-13,19-21H,8,11,14-18H2,1-4H3,(H,28,32). The second-order valence-corrected chi connectivity index (χ2v) is 11.3. The Labute approximate surface area is 219 Å². The summed E-state index contributed by atoms with van der Waals surface area (Å²) in [6, 6.07) is 14.1. The monoisotopic (exact) mass is 531 g/mol. The number of hydrogen-bond donors (Lipinski definition) is 1. The first-order valence-corrected chi connectivity index (χ1v) is 14.4. The molecule has 3 rings (SSSR count). The molecule has 0 aromatic heterocycles. The minimum Gasteiger partial charge on any atom is -0.486 e. The Bertz CT molecular complexity index is 1170. The van der Waals surface area contributed by atoms with Crippen LogP contribution in [-0.2, 0) is 26.0 Å². The molecule has 0 aliphatic carbocycles. The van der Waals surface area contributed by atoms with Gasteiger partial charge in [0.15, 0.2) is 11.5 Å². The lowest BCUT2D eigenvalue weighted by atomic mass is 10.1. The number of nitrogens with one attached hydrogen (secondary N) is 1. The van der Waals surface area contributed by atoms with E-state index in [1.54, 1.807) is 30.0 Å². The van der Waals surface area contributed by atoms with Crippen LogP contribution in [0.4, 0.5) is 5.69 Å². The summed E-state index contributed by atoms with van der Waals surface area (Å²) in [6.07, 6.45) is 2.14. The van der Waals surface area contributed by atoms with E-state index in [0.717, 1.165) is 11.8 Å². The predicted octanol–water partition coefficient (Wildman–Crippen LogP) is 2.99. The number of hydrogen-bond acceptors (Lipinski definition) is 6. The van der Waals surface area contributed by atoms with Crippen LogP contribution in [0.5, 0.6) is 11.5 Å². The van der Waals surface area contributed by atoms with Crippen LogP contribution in [-0.4, -0.2) is 69.8 Å². The van der Waals surface area contributed by atoms with Crippen LogP contribution in [0.25, 0.3) is 0 Å². The van der Waals surface area contributed by atoms with E-state index >= 15 is 0 Å². The number of nitrogens with zero attached hydrogens (tertiary/aromatic N) is 2. The normalized spacial score (nSPS) is 13.6. The van der Waals surface area contributed by atoms with Gasteiger partial charge in [-0.25, -0.2) is 8.42 Å². The van der Waals surface area contributed by atoms with Gasteiger partial charge in [0.2, 0.25) is 21.8 Å². The Morgan fingerprint density at radius 3 is 2.30 bits per heavy atom. The molecule has 1 N–H and O–H groups in total. The van der Waals surface area contributed by atoms with Crippen molar-refractivity contribution in [3.8, 4) is 11.5 Å². The van der Waals surface area contributed by atoms with Crippen molar-refractivity contribution in [1.82, 2.24) is 10.2 Å². The van der Waals surface area contributed by atoms with Gasteiger partial charge in [-0.1, -0.05) is 30.3 Å². The molecule has 0 radical (unpaired) electrons. The van der Waals surface area contributed by atoms with Crippen LogP contribution in [0.2, 0.25) is 0 Å². The van der Waals surface area contributed by atoms with Crippen LogP contribution in [0.15, 0.2) is 48.5 Å². The number of fused-ring (bicyclic) bond motifs is 1. The highest BCUT2D eigenvalue weighted by Gasteiger charge is 2.27. The van der Waals surface area contributed by atoms with Gasteiger partial charge >= 0.3 is 0 Å². The third-order valence-electron chi connectivity index (χ3n) is 6.05. The SMILES string of the molecule is CC(C)NC(=O)C(C)N(CCc1ccccc1)C(=O)CCCN(c1ccc2c(c1)OCCO2)S(C)(=O)=O. The quantitative estimate of drug-likeness (QED) is 0.452. The summed E-state index contributed by atoms with van der Waals surface area (Å²) >= 11 is 0. The van der Waals surface area contributed by atoms with Gasteiger partial charge in [0, 0.05) is 31.6 Å². The molecule has 2 amide bonds. The van der Waals surface area contributed by atoms with Crippen molar-refractivity contribution < 1.29 is 27.5 Å². The fourth-order valence-corrected chi connectivity index (χ4v) is 5.12. The molecular weight excluding hydrogens is 494 g/mol. The zero-order valence-corrected chi connectivity index (χ0v) is 22.8. The van der Waals surface area contributed by atoms with Crippen LogP contribution < -0.4 is 19.1 Å². The molecule has 10 heteroatoms. The molecule has 1 aliphatic rings. The predicted molar refractivity (Wildman–Crippen MR) is 143 cm³/mol. The summed E-state index contributed by atoms with van der Waals surface area (Å²) in [7, 11) is -3.60. The van der Waals surface area contributed by atoms with E-state index in [9.17, 15) is 18.0 Å². The van der Waals surface area contributed by atoms with Gasteiger partial charge in [0.05, 0.1) is 11.9 Å². The van der Waals surface area contributed by atoms with Crippen molar-refractivity contribution >= 4 is 27.5 Å². The maximum atomic E-state index is 13.3. The Morgan fingerprint density at radius 1 is 0.973 bits per heavy atom. The van der Waals surface area contributed by atoms with Gasteiger partial charge in [-0.05, 0) is 51.3 Å². The number of sulfonamides is 1. The van der Waals surface area contributed by atoms with Gasteiger partial charge in [-0.15, -0.1) is 0 Å². The van der Waals surface area contributed by atoms with Crippen molar-refractivity contribution in [2.24, 2.45) is 0 Å². The lowest BCUT2D eigenvalue weighted by molar-refractivity contribution is -0.140. The topological polar surface area (TPSA) is 105 Å². The Hall–Kier alpha value is -3.27. The van der Waals surface area contributed by atoms with Gasteiger partial charge in [-0.3, -0.25) is 13.9 Å². The van der Waals surface area contributed by atoms with Crippen molar-refractivity contribution in [3.63, 3.8) is 0 Å². The Kier molecular flexibility index (Phi) is 9.79. The van der Waals surface area contributed by atoms with E-state index in [4.69, 9.17) is 9.47 Å². The first-order chi connectivity index (χ1) is 17.6. The molecule has 1 heterocycles. The van der Waals surface area contributed by atoms with Crippen LogP contribution >= 0.6 is 0 Å². The van der Waals surface area contributed by atoms with Crippen molar-refractivity contribution in [2.75, 3.05) is 36.9 Å². The number of benzene rings is 2. The highest BCUT2D eigenvalue weighted by Crippen LogP contribution is 2.34. The molecule has 1 atom stereocenters. The fourth-order valence-electron chi connectivity index (χ4n) is 4.17. The molecular formula is C27H37N3O6S. The van der Waals surface area contributed by atoms with Gasteiger partial charge in [0.25, 0.3) is 0 Å². The first kappa shape index (κ1) is 28.3. The van der Waals surface area contributed by atoms with E-state index in [1.165, 1.54) is 4.31 Å². The third-order valence-corrected chi connectivity index (χ3v) is 7.24. The minimum atomic E-state index is -3.60. The van der Waals surface area contributed by atoms with Crippen LogP contribution in [0.1, 0.15) is 39.2 Å². The van der Waals surface area contributed by atoms with Gasteiger partial charge in [-0.2, -0.15) is 0 Å². The van der Waals surface area contributed by atoms with Gasteiger partial charge < -0.3 is 19.7 Å². The number of ether oxygens (including phenoxy) is 2. The molecule has 0 saturated carbocycles. The third kappa shape index (κ3) is 8.11. The largest absolute Gasteiger partial charge is 0.486 e. The maximum absolute atomic E-state index is 13.3. The highest BCUT2D eigenvalue weighted by molar-refractivity contribution is 7.92. The molecule has 2 aromatic carbocycles. The molecule has 1 unspecified atom stereocenters. The van der Waals surface area contributed by atoms with Crippen molar-refractivity contribution in [1.29, 1.82) is 0 Å². The van der Waals surface area contributed by atoms with Gasteiger partial charge in [0.1, 0.15) is 19.3 Å². The van der Waals surface area contributed by atoms with Crippen LogP contribution in [0.3, 0.4) is 0 Å². The summed E-state index contributed by atoms with van der Waals surface area (Å²) in [5.74, 6) is 0.648. The van der Waals surface area contributed by atoms with E-state index in [2.05, 4.69) is 5.32 Å². The molecule has 37 heavy (non-hydrogen) atoms. The molecule has 9 nitrogen and oxygen atoms in total. The molecule has 0 bridgehead atoms. The molecule has 0 fully saturated rings. The van der Waals surface area contributed by atoms with Crippen LogP contribution in [0, 0.1) is 0 Å². The molecule has 202 valence electrons. The summed E-state index contributed by atoms with van der Waals surface area (Å²) in [6.45, 7) is 6.80. The number of anilines is 1. The van der Waals surface area contributed by atoms with Crippen molar-refractivity contribution in [3.05, 3.63) is 54.1 Å². The minimum absolute atomic E-state index is 0.0460. The summed E-state index contributed by atoms with van der Waals surface area (Å²) in [4.78, 5) is 27.6. The Balaban J connectivity index is 1.69. The van der Waals surface area contributed by atoms with E-state index in [1.807, 2.05) is 44.2 Å². The second kappa shape index (κ2) is 12.8. The van der Waals surface area contributed by atoms with E-state index in [0.29, 0.717) is 49.8 Å². The summed E-state index contributed by atoms with van der Waals surface area (Å²) in [5.41, 5.74) is 1.52. The molecule has 0 spiro atoms. The summed E-state index contributed by atoms with van der Waals surface area (Å²) in [5, 5.41) is 2.87. The number of amides is 2. The zero-order chi connectivity index (χ0) is 27.0. The first-order valence-electron chi connectivity index (χ1n) is 12.6. The highest BCUT2D eigenvalue weighted by atomic mass is 32.2. The molecule has 2 aromatic rings. The zero-order valence-electron chi connectivity index (χ0n) is 22.0. The second-order valence-electron chi connectivity index (χ2n) is 9.43. The lowest BCUT2D eigenvalue weighted by Crippen LogP contribution is -2.50. The maximum Gasteiger partial charge on any atom is 0.242 e. The lowest BCUT2D eigenvalue weighted by Gasteiger charge is -2.30. The average Bonchev–Trinajstić information content (AvgIpc) is 2.85. The Morgan fingerprint density at radius 2 is 1.65 bits per heavy atom. The average molecular weight is 532 g/mol. The fraction of sp³-hybridized carbons (Fsp3) is 0.481. The van der Waals surface area contributed by atoms with E-state index in [-0.39, 0.29) is 30.8 Å². The smallest absolute Gasteiger partial charge is 0.242 e. The number of rotatable bonds is 12. The molecule has 0 saturated heterocycles. The van der Waals surface area contributed by atoms with Crippen molar-refractivity contribution in [2.45, 2.75) is 52.1 Å². The number of carbonyl (C=O) groups excluding carboxylic acids is 2. The molecule has 1 aliphatic heterocycles.